The molecule has 0 atom stereocenters. The Kier molecular flexibility index (Phi) is 2.64. The molecule has 5 heteroatoms. The molecule has 0 aliphatic carbocycles. The molecule has 1 heterocycles. The van der Waals surface area contributed by atoms with E-state index in [0.717, 1.165) is 0 Å². The minimum absolute atomic E-state index is 0.0648. The van der Waals surface area contributed by atoms with Crippen LogP contribution in [0.15, 0.2) is 11.0 Å². The highest BCUT2D eigenvalue weighted by molar-refractivity contribution is 8.26. The first-order valence-electron chi connectivity index (χ1n) is 3.10. The summed E-state index contributed by atoms with van der Waals surface area (Å²) in [6.07, 6.45) is 1.76. The quantitative estimate of drug-likeness (QED) is 0.489. The Morgan fingerprint density at radius 2 is 2.36 bits per heavy atom. The summed E-state index contributed by atoms with van der Waals surface area (Å²) in [5.41, 5.74) is 2.71. The van der Waals surface area contributed by atoms with Gasteiger partial charge in [-0.3, -0.25) is 4.79 Å². The SMILES string of the molecule is CC=C1SC(=S)N(NC)C1=O. The molecule has 1 amide bonds. The molecule has 0 spiro atoms. The highest BCUT2D eigenvalue weighted by Crippen LogP contribution is 2.28. The zero-order chi connectivity index (χ0) is 8.43. The first-order valence-corrected chi connectivity index (χ1v) is 4.33. The number of thiocarbonyl (C=S) groups is 1. The van der Waals surface area contributed by atoms with Crippen LogP contribution in [0.4, 0.5) is 0 Å². The molecule has 1 N–H and O–H groups in total. The van der Waals surface area contributed by atoms with Crippen molar-refractivity contribution in [2.24, 2.45) is 0 Å². The van der Waals surface area contributed by atoms with E-state index in [0.29, 0.717) is 9.23 Å². The summed E-state index contributed by atoms with van der Waals surface area (Å²) in [6.45, 7) is 1.82. The smallest absolute Gasteiger partial charge is 0.267 e. The number of rotatable bonds is 1. The van der Waals surface area contributed by atoms with Crippen LogP contribution in [0.25, 0.3) is 0 Å². The lowest BCUT2D eigenvalue weighted by Gasteiger charge is -2.10. The molecule has 0 bridgehead atoms. The Bertz CT molecular complexity index is 237. The molecule has 0 unspecified atom stereocenters. The van der Waals surface area contributed by atoms with Gasteiger partial charge in [0.25, 0.3) is 5.91 Å². The second-order valence-electron chi connectivity index (χ2n) is 1.89. The molecule has 0 aromatic rings. The predicted octanol–water partition coefficient (Wildman–Crippen LogP) is 0.885. The third-order valence-electron chi connectivity index (χ3n) is 1.28. The van der Waals surface area contributed by atoms with Crippen LogP contribution >= 0.6 is 24.0 Å². The van der Waals surface area contributed by atoms with Crippen molar-refractivity contribution in [3.63, 3.8) is 0 Å². The molecule has 1 aliphatic heterocycles. The van der Waals surface area contributed by atoms with Crippen LogP contribution in [0, 0.1) is 0 Å². The number of hydrazine groups is 1. The fraction of sp³-hybridized carbons (Fsp3) is 0.333. The number of carbonyl (C=O) groups excluding carboxylic acids is 1. The van der Waals surface area contributed by atoms with Crippen molar-refractivity contribution in [2.75, 3.05) is 7.05 Å². The fourth-order valence-corrected chi connectivity index (χ4v) is 1.95. The van der Waals surface area contributed by atoms with Crippen molar-refractivity contribution in [1.29, 1.82) is 0 Å². The van der Waals surface area contributed by atoms with Crippen molar-refractivity contribution in [3.05, 3.63) is 11.0 Å². The van der Waals surface area contributed by atoms with Crippen LogP contribution in [-0.2, 0) is 4.79 Å². The summed E-state index contributed by atoms with van der Waals surface area (Å²) in [5.74, 6) is -0.0648. The first kappa shape index (κ1) is 8.70. The first-order chi connectivity index (χ1) is 5.20. The molecular weight excluding hydrogens is 180 g/mol. The largest absolute Gasteiger partial charge is 0.280 e. The monoisotopic (exact) mass is 188 g/mol. The molecule has 3 nitrogen and oxygen atoms in total. The Labute approximate surface area is 74.8 Å². The van der Waals surface area contributed by atoms with Gasteiger partial charge in [-0.2, -0.15) is 0 Å². The Morgan fingerprint density at radius 1 is 1.73 bits per heavy atom. The summed E-state index contributed by atoms with van der Waals surface area (Å²) >= 11 is 6.24. The lowest BCUT2D eigenvalue weighted by atomic mass is 10.5. The van der Waals surface area contributed by atoms with E-state index in [4.69, 9.17) is 12.2 Å². The van der Waals surface area contributed by atoms with E-state index >= 15 is 0 Å². The van der Waals surface area contributed by atoms with Gasteiger partial charge >= 0.3 is 0 Å². The summed E-state index contributed by atoms with van der Waals surface area (Å²) < 4.78 is 0.561. The van der Waals surface area contributed by atoms with Gasteiger partial charge in [0.1, 0.15) is 0 Å². The number of carbonyl (C=O) groups is 1. The topological polar surface area (TPSA) is 32.3 Å². The van der Waals surface area contributed by atoms with Gasteiger partial charge in [-0.05, 0) is 6.92 Å². The summed E-state index contributed by atoms with van der Waals surface area (Å²) in [7, 11) is 1.67. The number of thioether (sulfide) groups is 1. The summed E-state index contributed by atoms with van der Waals surface area (Å²) in [6, 6.07) is 0. The summed E-state index contributed by atoms with van der Waals surface area (Å²) in [5, 5.41) is 1.36. The van der Waals surface area contributed by atoms with Gasteiger partial charge in [-0.15, -0.1) is 0 Å². The predicted molar refractivity (Wildman–Crippen MR) is 49.9 cm³/mol. The molecule has 1 saturated heterocycles. The van der Waals surface area contributed by atoms with Crippen LogP contribution < -0.4 is 5.43 Å². The maximum absolute atomic E-state index is 11.3. The number of allylic oxidation sites excluding steroid dienone is 1. The molecular formula is C6H8N2OS2. The maximum atomic E-state index is 11.3. The highest BCUT2D eigenvalue weighted by atomic mass is 32.2. The molecule has 0 saturated carbocycles. The van der Waals surface area contributed by atoms with E-state index in [-0.39, 0.29) is 5.91 Å². The molecule has 1 rings (SSSR count). The molecule has 11 heavy (non-hydrogen) atoms. The van der Waals surface area contributed by atoms with Crippen molar-refractivity contribution in [3.8, 4) is 0 Å². The second kappa shape index (κ2) is 3.34. The highest BCUT2D eigenvalue weighted by Gasteiger charge is 2.30. The second-order valence-corrected chi connectivity index (χ2v) is 3.56. The molecule has 0 aromatic heterocycles. The number of hydrogen-bond acceptors (Lipinski definition) is 4. The van der Waals surface area contributed by atoms with Gasteiger partial charge in [-0.1, -0.05) is 30.1 Å². The number of hydrogen-bond donors (Lipinski definition) is 1. The third-order valence-corrected chi connectivity index (χ3v) is 2.70. The van der Waals surface area contributed by atoms with Gasteiger partial charge in [0, 0.05) is 7.05 Å². The van der Waals surface area contributed by atoms with Gasteiger partial charge in [0.05, 0.1) is 4.91 Å². The Morgan fingerprint density at radius 3 is 2.64 bits per heavy atom. The lowest BCUT2D eigenvalue weighted by Crippen LogP contribution is -2.38. The van der Waals surface area contributed by atoms with E-state index in [1.807, 2.05) is 6.92 Å². The van der Waals surface area contributed by atoms with Crippen LogP contribution in [0.1, 0.15) is 6.92 Å². The van der Waals surface area contributed by atoms with Crippen LogP contribution in [-0.4, -0.2) is 22.3 Å². The average molecular weight is 188 g/mol. The van der Waals surface area contributed by atoms with Crippen LogP contribution in [0.2, 0.25) is 0 Å². The Hall–Kier alpha value is -0.390. The van der Waals surface area contributed by atoms with E-state index in [2.05, 4.69) is 5.43 Å². The lowest BCUT2D eigenvalue weighted by molar-refractivity contribution is -0.123. The normalized spacial score (nSPS) is 22.0. The fourth-order valence-electron chi connectivity index (χ4n) is 0.752. The van der Waals surface area contributed by atoms with Crippen molar-refractivity contribution < 1.29 is 4.79 Å². The Balaban J connectivity index is 2.88. The minimum atomic E-state index is -0.0648. The third kappa shape index (κ3) is 1.45. The molecule has 0 aromatic carbocycles. The van der Waals surface area contributed by atoms with Gasteiger partial charge in [-0.25, -0.2) is 10.4 Å². The van der Waals surface area contributed by atoms with E-state index in [9.17, 15) is 4.79 Å². The van der Waals surface area contributed by atoms with E-state index < -0.39 is 0 Å². The summed E-state index contributed by atoms with van der Waals surface area (Å²) in [4.78, 5) is 11.9. The number of nitrogens with zero attached hydrogens (tertiary/aromatic N) is 1. The van der Waals surface area contributed by atoms with Gasteiger partial charge in [0.2, 0.25) is 0 Å². The molecule has 60 valence electrons. The number of nitrogens with one attached hydrogen (secondary N) is 1. The van der Waals surface area contributed by atoms with Gasteiger partial charge in [0.15, 0.2) is 4.32 Å². The molecule has 0 radical (unpaired) electrons. The van der Waals surface area contributed by atoms with Crippen molar-refractivity contribution in [1.82, 2.24) is 10.4 Å². The van der Waals surface area contributed by atoms with Crippen molar-refractivity contribution >= 4 is 34.2 Å². The zero-order valence-corrected chi connectivity index (χ0v) is 7.88. The number of amides is 1. The van der Waals surface area contributed by atoms with Crippen molar-refractivity contribution in [2.45, 2.75) is 6.92 Å². The molecule has 1 fully saturated rings. The standard InChI is InChI=1S/C6H8N2OS2/c1-3-4-5(9)8(7-2)6(10)11-4/h3,7H,1-2H3. The average Bonchev–Trinajstić information content (AvgIpc) is 2.26. The van der Waals surface area contributed by atoms with Crippen LogP contribution in [0.5, 0.6) is 0 Å². The maximum Gasteiger partial charge on any atom is 0.280 e. The zero-order valence-electron chi connectivity index (χ0n) is 6.25. The van der Waals surface area contributed by atoms with E-state index in [1.165, 1.54) is 16.8 Å². The van der Waals surface area contributed by atoms with E-state index in [1.54, 1.807) is 13.1 Å². The van der Waals surface area contributed by atoms with Crippen LogP contribution in [0.3, 0.4) is 0 Å². The van der Waals surface area contributed by atoms with Gasteiger partial charge < -0.3 is 0 Å². The molecule has 1 aliphatic rings. The minimum Gasteiger partial charge on any atom is -0.267 e.